The van der Waals surface area contributed by atoms with E-state index < -0.39 is 6.04 Å². The summed E-state index contributed by atoms with van der Waals surface area (Å²) in [5.74, 6) is -0.314. The van der Waals surface area contributed by atoms with Gasteiger partial charge >= 0.3 is 0 Å². The highest BCUT2D eigenvalue weighted by Gasteiger charge is 2.14. The van der Waals surface area contributed by atoms with Crippen LogP contribution in [-0.2, 0) is 0 Å². The molecule has 2 aromatic carbocycles. The molecule has 100 valence electrons. The number of nitrogens with zero attached hydrogens (tertiary/aromatic N) is 1. The normalized spacial score (nSPS) is 12.6. The Morgan fingerprint density at radius 2 is 1.90 bits per heavy atom. The predicted molar refractivity (Wildman–Crippen MR) is 81.9 cm³/mol. The van der Waals surface area contributed by atoms with Gasteiger partial charge in [0.05, 0.1) is 16.0 Å². The fraction of sp³-hybridized carbons (Fsp3) is 0.0625. The summed E-state index contributed by atoms with van der Waals surface area (Å²) in [5, 5.41) is 1.03. The van der Waals surface area contributed by atoms with E-state index in [1.54, 1.807) is 12.3 Å². The molecule has 0 spiro atoms. The van der Waals surface area contributed by atoms with E-state index in [-0.39, 0.29) is 5.82 Å². The summed E-state index contributed by atoms with van der Waals surface area (Å²) < 4.78 is 14.1. The summed E-state index contributed by atoms with van der Waals surface area (Å²) in [5.41, 5.74) is 8.75. The number of rotatable bonds is 2. The van der Waals surface area contributed by atoms with Crippen LogP contribution in [0.5, 0.6) is 0 Å². The van der Waals surface area contributed by atoms with E-state index in [1.807, 2.05) is 36.4 Å². The summed E-state index contributed by atoms with van der Waals surface area (Å²) >= 11 is 3.15. The molecule has 3 aromatic rings. The van der Waals surface area contributed by atoms with Crippen LogP contribution >= 0.6 is 15.9 Å². The Labute approximate surface area is 124 Å². The van der Waals surface area contributed by atoms with Crippen LogP contribution in [-0.4, -0.2) is 4.98 Å². The molecule has 0 amide bonds. The number of fused-ring (bicyclic) bond motifs is 1. The highest BCUT2D eigenvalue weighted by atomic mass is 79.9. The van der Waals surface area contributed by atoms with Crippen molar-refractivity contribution >= 4 is 26.8 Å². The molecule has 0 bridgehead atoms. The van der Waals surface area contributed by atoms with Gasteiger partial charge in [-0.2, -0.15) is 0 Å². The van der Waals surface area contributed by atoms with E-state index in [9.17, 15) is 4.39 Å². The van der Waals surface area contributed by atoms with Crippen LogP contribution in [0.2, 0.25) is 0 Å². The molecule has 0 fully saturated rings. The molecule has 0 aliphatic carbocycles. The molecule has 0 radical (unpaired) electrons. The first-order chi connectivity index (χ1) is 9.66. The maximum absolute atomic E-state index is 13.7. The summed E-state index contributed by atoms with van der Waals surface area (Å²) in [6, 6.07) is 14.3. The van der Waals surface area contributed by atoms with Crippen molar-refractivity contribution < 1.29 is 4.39 Å². The van der Waals surface area contributed by atoms with Crippen molar-refractivity contribution in [2.24, 2.45) is 5.73 Å². The Morgan fingerprint density at radius 3 is 2.70 bits per heavy atom. The standard InChI is InChI=1S/C16H12BrFN2/c17-13-7-6-11(9-14(13)18)15(19)12-5-1-3-10-4-2-8-20-16(10)12/h1-9,15H,19H2. The number of benzene rings is 2. The van der Waals surface area contributed by atoms with Gasteiger partial charge in [0, 0.05) is 11.6 Å². The Hall–Kier alpha value is -1.78. The third-order valence-electron chi connectivity index (χ3n) is 3.30. The van der Waals surface area contributed by atoms with E-state index in [1.165, 1.54) is 6.07 Å². The summed E-state index contributed by atoms with van der Waals surface area (Å²) in [6.45, 7) is 0. The Morgan fingerprint density at radius 1 is 1.10 bits per heavy atom. The minimum atomic E-state index is -0.406. The minimum absolute atomic E-state index is 0.314. The Balaban J connectivity index is 2.12. The molecule has 1 atom stereocenters. The van der Waals surface area contributed by atoms with Gasteiger partial charge in [-0.25, -0.2) is 4.39 Å². The quantitative estimate of drug-likeness (QED) is 0.765. The number of pyridine rings is 1. The van der Waals surface area contributed by atoms with Gasteiger partial charge in [0.2, 0.25) is 0 Å². The Kier molecular flexibility index (Phi) is 3.51. The van der Waals surface area contributed by atoms with Crippen molar-refractivity contribution in [2.45, 2.75) is 6.04 Å². The fourth-order valence-corrected chi connectivity index (χ4v) is 2.51. The molecule has 2 N–H and O–H groups in total. The van der Waals surface area contributed by atoms with Crippen LogP contribution < -0.4 is 5.73 Å². The van der Waals surface area contributed by atoms with Gasteiger partial charge in [-0.05, 0) is 45.3 Å². The molecule has 0 aliphatic heterocycles. The first-order valence-electron chi connectivity index (χ1n) is 6.21. The topological polar surface area (TPSA) is 38.9 Å². The monoisotopic (exact) mass is 330 g/mol. The lowest BCUT2D eigenvalue weighted by atomic mass is 9.97. The number of aromatic nitrogens is 1. The molecule has 0 aliphatic rings. The van der Waals surface area contributed by atoms with E-state index in [0.29, 0.717) is 4.47 Å². The number of para-hydroxylation sites is 1. The van der Waals surface area contributed by atoms with Crippen molar-refractivity contribution in [3.05, 3.63) is 76.1 Å². The summed E-state index contributed by atoms with van der Waals surface area (Å²) in [4.78, 5) is 4.38. The van der Waals surface area contributed by atoms with Crippen LogP contribution in [0.1, 0.15) is 17.2 Å². The molecule has 4 heteroatoms. The van der Waals surface area contributed by atoms with Gasteiger partial charge < -0.3 is 5.73 Å². The van der Waals surface area contributed by atoms with E-state index in [4.69, 9.17) is 5.73 Å². The molecule has 1 heterocycles. The summed E-state index contributed by atoms with van der Waals surface area (Å²) in [7, 11) is 0. The van der Waals surface area contributed by atoms with Gasteiger partial charge in [0.15, 0.2) is 0 Å². The van der Waals surface area contributed by atoms with E-state index >= 15 is 0 Å². The molecular weight excluding hydrogens is 319 g/mol. The molecular formula is C16H12BrFN2. The lowest BCUT2D eigenvalue weighted by Gasteiger charge is -2.15. The average molecular weight is 331 g/mol. The van der Waals surface area contributed by atoms with Crippen molar-refractivity contribution in [2.75, 3.05) is 0 Å². The third kappa shape index (κ3) is 2.32. The second kappa shape index (κ2) is 5.31. The minimum Gasteiger partial charge on any atom is -0.320 e. The second-order valence-corrected chi connectivity index (χ2v) is 5.43. The summed E-state index contributed by atoms with van der Waals surface area (Å²) in [6.07, 6.45) is 1.74. The molecule has 3 rings (SSSR count). The Bertz CT molecular complexity index is 768. The molecule has 0 saturated carbocycles. The third-order valence-corrected chi connectivity index (χ3v) is 3.94. The highest BCUT2D eigenvalue weighted by Crippen LogP contribution is 2.27. The fourth-order valence-electron chi connectivity index (χ4n) is 2.26. The van der Waals surface area contributed by atoms with Crippen molar-refractivity contribution in [1.29, 1.82) is 0 Å². The average Bonchev–Trinajstić information content (AvgIpc) is 2.49. The first kappa shape index (κ1) is 13.2. The van der Waals surface area contributed by atoms with Crippen LogP contribution in [0.25, 0.3) is 10.9 Å². The predicted octanol–water partition coefficient (Wildman–Crippen LogP) is 4.18. The zero-order valence-corrected chi connectivity index (χ0v) is 12.1. The number of hydrogen-bond donors (Lipinski definition) is 1. The molecule has 0 saturated heterocycles. The molecule has 1 unspecified atom stereocenters. The van der Waals surface area contributed by atoms with Crippen LogP contribution in [0.15, 0.2) is 59.2 Å². The van der Waals surface area contributed by atoms with Gasteiger partial charge in [0.1, 0.15) is 5.82 Å². The molecule has 20 heavy (non-hydrogen) atoms. The first-order valence-corrected chi connectivity index (χ1v) is 7.00. The maximum atomic E-state index is 13.7. The maximum Gasteiger partial charge on any atom is 0.137 e. The number of halogens is 2. The molecule has 2 nitrogen and oxygen atoms in total. The largest absolute Gasteiger partial charge is 0.320 e. The van der Waals surface area contributed by atoms with E-state index in [0.717, 1.165) is 22.0 Å². The second-order valence-electron chi connectivity index (χ2n) is 4.57. The van der Waals surface area contributed by atoms with Gasteiger partial charge in [-0.15, -0.1) is 0 Å². The van der Waals surface area contributed by atoms with Gasteiger partial charge in [0.25, 0.3) is 0 Å². The van der Waals surface area contributed by atoms with Crippen LogP contribution in [0, 0.1) is 5.82 Å². The van der Waals surface area contributed by atoms with Crippen LogP contribution in [0.4, 0.5) is 4.39 Å². The van der Waals surface area contributed by atoms with Crippen LogP contribution in [0.3, 0.4) is 0 Å². The number of hydrogen-bond acceptors (Lipinski definition) is 2. The number of nitrogens with two attached hydrogens (primary N) is 1. The lowest BCUT2D eigenvalue weighted by molar-refractivity contribution is 0.617. The highest BCUT2D eigenvalue weighted by molar-refractivity contribution is 9.10. The van der Waals surface area contributed by atoms with Crippen molar-refractivity contribution in [3.8, 4) is 0 Å². The van der Waals surface area contributed by atoms with Crippen molar-refractivity contribution in [1.82, 2.24) is 4.98 Å². The lowest BCUT2D eigenvalue weighted by Crippen LogP contribution is -2.13. The van der Waals surface area contributed by atoms with Crippen molar-refractivity contribution in [3.63, 3.8) is 0 Å². The molecule has 1 aromatic heterocycles. The smallest absolute Gasteiger partial charge is 0.137 e. The van der Waals surface area contributed by atoms with Gasteiger partial charge in [-0.3, -0.25) is 4.98 Å². The van der Waals surface area contributed by atoms with E-state index in [2.05, 4.69) is 20.9 Å². The SMILES string of the molecule is NC(c1ccc(Br)c(F)c1)c1cccc2cccnc12. The zero-order valence-electron chi connectivity index (χ0n) is 10.6. The zero-order chi connectivity index (χ0) is 14.1. The van der Waals surface area contributed by atoms with Gasteiger partial charge in [-0.1, -0.05) is 30.3 Å².